The van der Waals surface area contributed by atoms with Gasteiger partial charge in [-0.05, 0) is 27.7 Å². The second-order valence-corrected chi connectivity index (χ2v) is 2.00. The second-order valence-electron chi connectivity index (χ2n) is 2.00. The van der Waals surface area contributed by atoms with Gasteiger partial charge in [0.1, 0.15) is 0 Å². The summed E-state index contributed by atoms with van der Waals surface area (Å²) in [7, 11) is 0. The highest BCUT2D eigenvalue weighted by Crippen LogP contribution is 1.90. The molecule has 3 N–H and O–H groups in total. The molecule has 0 saturated carbocycles. The molecule has 0 amide bonds. The first-order valence-corrected chi connectivity index (χ1v) is 3.06. The Bertz CT molecular complexity index is 68.9. The van der Waals surface area contributed by atoms with Crippen LogP contribution in [0.2, 0.25) is 0 Å². The van der Waals surface area contributed by atoms with E-state index in [1.54, 1.807) is 6.92 Å². The highest BCUT2D eigenvalue weighted by atomic mass is 16.2. The van der Waals surface area contributed by atoms with Crippen LogP contribution in [0.5, 0.6) is 0 Å². The van der Waals surface area contributed by atoms with Gasteiger partial charge < -0.3 is 10.8 Å². The van der Waals surface area contributed by atoms with Gasteiger partial charge in [-0.15, -0.1) is 0 Å². The van der Waals surface area contributed by atoms with Crippen LogP contribution in [0.25, 0.3) is 0 Å². The van der Waals surface area contributed by atoms with Crippen molar-refractivity contribution in [3.63, 3.8) is 0 Å². The normalized spacial score (nSPS) is 7.22. The molecule has 0 aromatic heterocycles. The summed E-state index contributed by atoms with van der Waals surface area (Å²) in [5.41, 5.74) is 7.44. The summed E-state index contributed by atoms with van der Waals surface area (Å²) in [6.45, 7) is 7.82. The van der Waals surface area contributed by atoms with Crippen molar-refractivity contribution in [1.82, 2.24) is 0 Å². The minimum absolute atomic E-state index is 0.250. The van der Waals surface area contributed by atoms with Crippen molar-refractivity contribution < 1.29 is 5.11 Å². The quantitative estimate of drug-likeness (QED) is 0.520. The van der Waals surface area contributed by atoms with E-state index in [9.17, 15) is 0 Å². The van der Waals surface area contributed by atoms with Gasteiger partial charge >= 0.3 is 0 Å². The van der Waals surface area contributed by atoms with E-state index >= 15 is 0 Å². The topological polar surface area (TPSA) is 46.2 Å². The summed E-state index contributed by atoms with van der Waals surface area (Å²) in [6.07, 6.45) is 0. The summed E-state index contributed by atoms with van der Waals surface area (Å²) in [4.78, 5) is 0. The molecule has 0 aliphatic heterocycles. The third kappa shape index (κ3) is 18.5. The average Bonchev–Trinajstić information content (AvgIpc) is 1.68. The maximum absolute atomic E-state index is 7.57. The molecule has 0 heterocycles. The number of hydrogen-bond donors (Lipinski definition) is 2. The first-order chi connectivity index (χ1) is 4.06. The molecule has 0 unspecified atom stereocenters. The number of aliphatic hydroxyl groups excluding tert-OH is 1. The van der Waals surface area contributed by atoms with Gasteiger partial charge in [0, 0.05) is 12.3 Å². The molecule has 0 spiro atoms. The van der Waals surface area contributed by atoms with Crippen molar-refractivity contribution in [2.24, 2.45) is 5.73 Å². The molecule has 0 fully saturated rings. The van der Waals surface area contributed by atoms with Crippen LogP contribution >= 0.6 is 0 Å². The average molecular weight is 131 g/mol. The zero-order chi connectivity index (χ0) is 7.86. The Balaban J connectivity index is 0. The highest BCUT2D eigenvalue weighted by molar-refractivity contribution is 5.00. The summed E-state index contributed by atoms with van der Waals surface area (Å²) in [5.74, 6) is 0. The van der Waals surface area contributed by atoms with Gasteiger partial charge in [-0.2, -0.15) is 0 Å². The van der Waals surface area contributed by atoms with E-state index in [-0.39, 0.29) is 6.61 Å². The fraction of sp³-hybridized carbons (Fsp3) is 0.714. The minimum atomic E-state index is 0.250. The monoisotopic (exact) mass is 131 g/mol. The van der Waals surface area contributed by atoms with Crippen LogP contribution in [0, 0.1) is 0 Å². The fourth-order valence-corrected chi connectivity index (χ4v) is 0. The van der Waals surface area contributed by atoms with Gasteiger partial charge in [0.05, 0.1) is 0 Å². The van der Waals surface area contributed by atoms with Crippen LogP contribution in [0.15, 0.2) is 11.3 Å². The van der Waals surface area contributed by atoms with Crippen molar-refractivity contribution >= 4 is 0 Å². The molecule has 0 aliphatic carbocycles. The molecule has 0 saturated heterocycles. The van der Waals surface area contributed by atoms with Crippen LogP contribution in [0.3, 0.4) is 0 Å². The van der Waals surface area contributed by atoms with Crippen molar-refractivity contribution in [3.8, 4) is 0 Å². The molecule has 9 heavy (non-hydrogen) atoms. The highest BCUT2D eigenvalue weighted by Gasteiger charge is 1.75. The van der Waals surface area contributed by atoms with E-state index in [1.165, 1.54) is 5.57 Å². The van der Waals surface area contributed by atoms with Gasteiger partial charge in [0.15, 0.2) is 0 Å². The zero-order valence-electron chi connectivity index (χ0n) is 6.73. The molecule has 2 heteroatoms. The summed E-state index contributed by atoms with van der Waals surface area (Å²) < 4.78 is 0. The first-order valence-electron chi connectivity index (χ1n) is 3.06. The van der Waals surface area contributed by atoms with Crippen molar-refractivity contribution in [3.05, 3.63) is 11.3 Å². The van der Waals surface area contributed by atoms with Gasteiger partial charge in [0.25, 0.3) is 0 Å². The molecule has 0 bridgehead atoms. The van der Waals surface area contributed by atoms with Crippen LogP contribution in [0.1, 0.15) is 27.7 Å². The SMILES string of the molecule is CC(C)=C(C)N.CCO. The molecule has 56 valence electrons. The molecule has 0 aromatic carbocycles. The Labute approximate surface area is 57.4 Å². The van der Waals surface area contributed by atoms with Crippen LogP contribution in [0.4, 0.5) is 0 Å². The lowest BCUT2D eigenvalue weighted by Gasteiger charge is -1.88. The summed E-state index contributed by atoms with van der Waals surface area (Å²) in [5, 5.41) is 7.57. The largest absolute Gasteiger partial charge is 0.402 e. The molecule has 2 nitrogen and oxygen atoms in total. The van der Waals surface area contributed by atoms with E-state index in [2.05, 4.69) is 0 Å². The Morgan fingerprint density at radius 1 is 1.33 bits per heavy atom. The number of rotatable bonds is 0. The summed E-state index contributed by atoms with van der Waals surface area (Å²) >= 11 is 0. The van der Waals surface area contributed by atoms with Gasteiger partial charge in [-0.3, -0.25) is 0 Å². The van der Waals surface area contributed by atoms with Crippen LogP contribution in [-0.2, 0) is 0 Å². The van der Waals surface area contributed by atoms with E-state index in [1.807, 2.05) is 20.8 Å². The molecule has 0 rings (SSSR count). The Hall–Kier alpha value is -0.500. The van der Waals surface area contributed by atoms with Crippen molar-refractivity contribution in [2.75, 3.05) is 6.61 Å². The van der Waals surface area contributed by atoms with E-state index in [0.29, 0.717) is 0 Å². The molecule has 0 radical (unpaired) electrons. The molecule has 0 aromatic rings. The minimum Gasteiger partial charge on any atom is -0.402 e. The van der Waals surface area contributed by atoms with Gasteiger partial charge in [0.2, 0.25) is 0 Å². The summed E-state index contributed by atoms with van der Waals surface area (Å²) in [6, 6.07) is 0. The number of allylic oxidation sites excluding steroid dienone is 2. The molecular weight excluding hydrogens is 114 g/mol. The first kappa shape index (κ1) is 11.3. The lowest BCUT2D eigenvalue weighted by atomic mass is 10.3. The Morgan fingerprint density at radius 2 is 1.44 bits per heavy atom. The maximum Gasteiger partial charge on any atom is 0.0402 e. The van der Waals surface area contributed by atoms with E-state index < -0.39 is 0 Å². The van der Waals surface area contributed by atoms with Crippen molar-refractivity contribution in [2.45, 2.75) is 27.7 Å². The van der Waals surface area contributed by atoms with Gasteiger partial charge in [-0.1, -0.05) is 5.57 Å². The van der Waals surface area contributed by atoms with Gasteiger partial charge in [-0.25, -0.2) is 0 Å². The predicted octanol–water partition coefficient (Wildman–Crippen LogP) is 1.26. The Morgan fingerprint density at radius 3 is 1.44 bits per heavy atom. The lowest BCUT2D eigenvalue weighted by Crippen LogP contribution is -1.91. The number of nitrogens with two attached hydrogens (primary N) is 1. The van der Waals surface area contributed by atoms with Crippen LogP contribution < -0.4 is 5.73 Å². The number of hydrogen-bond acceptors (Lipinski definition) is 2. The zero-order valence-corrected chi connectivity index (χ0v) is 6.73. The van der Waals surface area contributed by atoms with Crippen molar-refractivity contribution in [1.29, 1.82) is 0 Å². The third-order valence-electron chi connectivity index (χ3n) is 0.789. The fourth-order valence-electron chi connectivity index (χ4n) is 0. The smallest absolute Gasteiger partial charge is 0.0402 e. The number of aliphatic hydroxyl groups is 1. The van der Waals surface area contributed by atoms with E-state index in [0.717, 1.165) is 5.70 Å². The molecule has 0 atom stereocenters. The maximum atomic E-state index is 7.57. The Kier molecular flexibility index (Phi) is 9.43. The predicted molar refractivity (Wildman–Crippen MR) is 41.0 cm³/mol. The van der Waals surface area contributed by atoms with E-state index in [4.69, 9.17) is 10.8 Å². The standard InChI is InChI=1S/C5H11N.C2H6O/c1-4(2)5(3)6;1-2-3/h6H2,1-3H3;3H,2H2,1H3. The second kappa shape index (κ2) is 7.50. The van der Waals surface area contributed by atoms with Crippen LogP contribution in [-0.4, -0.2) is 11.7 Å². The lowest BCUT2D eigenvalue weighted by molar-refractivity contribution is 0.318. The third-order valence-corrected chi connectivity index (χ3v) is 0.789. The molecule has 0 aliphatic rings. The molecular formula is C7H17NO.